The van der Waals surface area contributed by atoms with Crippen LogP contribution in [0.25, 0.3) is 10.9 Å². The first-order valence-corrected chi connectivity index (χ1v) is 8.10. The minimum absolute atomic E-state index is 0.276. The molecule has 25 heavy (non-hydrogen) atoms. The van der Waals surface area contributed by atoms with Gasteiger partial charge in [-0.15, -0.1) is 0 Å². The highest BCUT2D eigenvalue weighted by atomic mass is 16.5. The molecule has 1 amide bonds. The molecule has 0 saturated carbocycles. The smallest absolute Gasteiger partial charge is 0.326 e. The van der Waals surface area contributed by atoms with Crippen molar-refractivity contribution >= 4 is 22.8 Å². The standard InChI is InChI=1S/C17H19N3O5/c21-14(19-15(17(23)24)11-4-3-7-25-9-11)8-20-10-18-13-6-2-1-5-12(13)16(20)22/h1-2,5-6,10-11,15H,3-4,7-9H2,(H,19,21)(H,23,24). The number of nitrogens with zero attached hydrogens (tertiary/aromatic N) is 2. The molecule has 8 nitrogen and oxygen atoms in total. The van der Waals surface area contributed by atoms with E-state index in [2.05, 4.69) is 10.3 Å². The van der Waals surface area contributed by atoms with Gasteiger partial charge in [-0.25, -0.2) is 9.78 Å². The third kappa shape index (κ3) is 3.85. The second-order valence-corrected chi connectivity index (χ2v) is 6.06. The molecule has 1 aromatic carbocycles. The van der Waals surface area contributed by atoms with Gasteiger partial charge < -0.3 is 15.2 Å². The van der Waals surface area contributed by atoms with Crippen molar-refractivity contribution < 1.29 is 19.4 Å². The highest BCUT2D eigenvalue weighted by Crippen LogP contribution is 2.17. The predicted octanol–water partition coefficient (Wildman–Crippen LogP) is 0.393. The van der Waals surface area contributed by atoms with E-state index in [1.807, 2.05) is 0 Å². The zero-order chi connectivity index (χ0) is 17.8. The fraction of sp³-hybridized carbons (Fsp3) is 0.412. The van der Waals surface area contributed by atoms with Gasteiger partial charge in [0.1, 0.15) is 12.6 Å². The number of carbonyl (C=O) groups excluding carboxylic acids is 1. The first-order valence-electron chi connectivity index (χ1n) is 8.10. The molecule has 1 aromatic heterocycles. The average Bonchev–Trinajstić information content (AvgIpc) is 2.63. The number of carboxylic acids is 1. The number of aliphatic carboxylic acids is 1. The fourth-order valence-electron chi connectivity index (χ4n) is 3.00. The van der Waals surface area contributed by atoms with Crippen LogP contribution in [0.4, 0.5) is 0 Å². The van der Waals surface area contributed by atoms with Crippen LogP contribution >= 0.6 is 0 Å². The number of hydrogen-bond acceptors (Lipinski definition) is 5. The summed E-state index contributed by atoms with van der Waals surface area (Å²) in [6.45, 7) is 0.623. The lowest BCUT2D eigenvalue weighted by molar-refractivity contribution is -0.145. The number of carboxylic acid groups (broad SMARTS) is 1. The van der Waals surface area contributed by atoms with Crippen LogP contribution in [0.5, 0.6) is 0 Å². The molecule has 1 saturated heterocycles. The summed E-state index contributed by atoms with van der Waals surface area (Å²) < 4.78 is 6.48. The van der Waals surface area contributed by atoms with Gasteiger partial charge in [-0.1, -0.05) is 12.1 Å². The summed E-state index contributed by atoms with van der Waals surface area (Å²) in [5.41, 5.74) is 0.209. The molecule has 2 heterocycles. The van der Waals surface area contributed by atoms with Crippen molar-refractivity contribution in [2.24, 2.45) is 5.92 Å². The Balaban J connectivity index is 1.74. The quantitative estimate of drug-likeness (QED) is 0.811. The molecular formula is C17H19N3O5. The molecule has 2 unspecified atom stereocenters. The summed E-state index contributed by atoms with van der Waals surface area (Å²) in [7, 11) is 0. The second-order valence-electron chi connectivity index (χ2n) is 6.06. The SMILES string of the molecule is O=C(Cn1cnc2ccccc2c1=O)NC(C(=O)O)C1CCCOC1. The molecule has 3 rings (SSSR count). The maximum Gasteiger partial charge on any atom is 0.326 e. The molecule has 0 bridgehead atoms. The van der Waals surface area contributed by atoms with Gasteiger partial charge in [-0.2, -0.15) is 0 Å². The highest BCUT2D eigenvalue weighted by Gasteiger charge is 2.31. The summed E-state index contributed by atoms with van der Waals surface area (Å²) in [6, 6.07) is 5.81. The summed E-state index contributed by atoms with van der Waals surface area (Å²) in [5.74, 6) is -1.92. The van der Waals surface area contributed by atoms with Gasteiger partial charge in [-0.3, -0.25) is 14.2 Å². The Bertz CT molecular complexity index is 842. The first-order chi connectivity index (χ1) is 12.1. The zero-order valence-electron chi connectivity index (χ0n) is 13.6. The average molecular weight is 345 g/mol. The maximum absolute atomic E-state index is 12.4. The first kappa shape index (κ1) is 17.1. The normalized spacial score (nSPS) is 18.6. The summed E-state index contributed by atoms with van der Waals surface area (Å²) >= 11 is 0. The van der Waals surface area contributed by atoms with Crippen LogP contribution in [0.2, 0.25) is 0 Å². The lowest BCUT2D eigenvalue weighted by Crippen LogP contribution is -2.49. The van der Waals surface area contributed by atoms with Gasteiger partial charge in [-0.05, 0) is 25.0 Å². The van der Waals surface area contributed by atoms with E-state index >= 15 is 0 Å². The van der Waals surface area contributed by atoms with E-state index in [-0.39, 0.29) is 18.0 Å². The van der Waals surface area contributed by atoms with Gasteiger partial charge in [0.05, 0.1) is 23.8 Å². The molecule has 0 spiro atoms. The van der Waals surface area contributed by atoms with Crippen LogP contribution in [0.3, 0.4) is 0 Å². The molecule has 1 aliphatic heterocycles. The number of benzene rings is 1. The van der Waals surface area contributed by atoms with Crippen LogP contribution < -0.4 is 10.9 Å². The Morgan fingerprint density at radius 2 is 2.20 bits per heavy atom. The van der Waals surface area contributed by atoms with Gasteiger partial charge in [0.25, 0.3) is 5.56 Å². The Morgan fingerprint density at radius 3 is 2.92 bits per heavy atom. The van der Waals surface area contributed by atoms with Crippen LogP contribution in [-0.2, 0) is 20.9 Å². The minimum atomic E-state index is -1.10. The Hall–Kier alpha value is -2.74. The molecule has 0 aliphatic carbocycles. The van der Waals surface area contributed by atoms with Crippen molar-refractivity contribution in [3.63, 3.8) is 0 Å². The number of carbonyl (C=O) groups is 2. The number of rotatable bonds is 5. The van der Waals surface area contributed by atoms with Crippen LogP contribution in [-0.4, -0.2) is 45.8 Å². The van der Waals surface area contributed by atoms with Crippen molar-refractivity contribution in [3.05, 3.63) is 40.9 Å². The number of hydrogen-bond donors (Lipinski definition) is 2. The lowest BCUT2D eigenvalue weighted by Gasteiger charge is -2.28. The molecular weight excluding hydrogens is 326 g/mol. The molecule has 8 heteroatoms. The number of aromatic nitrogens is 2. The van der Waals surface area contributed by atoms with Gasteiger partial charge >= 0.3 is 5.97 Å². The summed E-state index contributed by atoms with van der Waals surface area (Å²) in [4.78, 5) is 40.3. The number of ether oxygens (including phenoxy) is 1. The lowest BCUT2D eigenvalue weighted by atomic mass is 9.93. The van der Waals surface area contributed by atoms with Crippen molar-refractivity contribution in [2.45, 2.75) is 25.4 Å². The maximum atomic E-state index is 12.4. The topological polar surface area (TPSA) is 111 Å². The van der Waals surface area contributed by atoms with E-state index in [0.717, 1.165) is 6.42 Å². The van der Waals surface area contributed by atoms with Crippen LogP contribution in [0.1, 0.15) is 12.8 Å². The monoisotopic (exact) mass is 345 g/mol. The van der Waals surface area contributed by atoms with Gasteiger partial charge in [0.15, 0.2) is 0 Å². The van der Waals surface area contributed by atoms with Gasteiger partial charge in [0.2, 0.25) is 5.91 Å². The van der Waals surface area contributed by atoms with Crippen molar-refractivity contribution in [3.8, 4) is 0 Å². The van der Waals surface area contributed by atoms with E-state index in [1.165, 1.54) is 10.9 Å². The Labute approximate surface area is 143 Å². The fourth-order valence-corrected chi connectivity index (χ4v) is 3.00. The summed E-state index contributed by atoms with van der Waals surface area (Å²) in [5, 5.41) is 12.3. The third-order valence-corrected chi connectivity index (χ3v) is 4.29. The van der Waals surface area contributed by atoms with E-state index in [0.29, 0.717) is 30.5 Å². The molecule has 0 radical (unpaired) electrons. The largest absolute Gasteiger partial charge is 0.480 e. The second kappa shape index (κ2) is 7.43. The van der Waals surface area contributed by atoms with Crippen LogP contribution in [0.15, 0.2) is 35.4 Å². The van der Waals surface area contributed by atoms with Crippen LogP contribution in [0, 0.1) is 5.92 Å². The molecule has 2 aromatic rings. The number of fused-ring (bicyclic) bond motifs is 1. The minimum Gasteiger partial charge on any atom is -0.480 e. The zero-order valence-corrected chi connectivity index (χ0v) is 13.6. The van der Waals surface area contributed by atoms with E-state index < -0.39 is 17.9 Å². The van der Waals surface area contributed by atoms with Crippen molar-refractivity contribution in [1.29, 1.82) is 0 Å². The van der Waals surface area contributed by atoms with E-state index in [1.54, 1.807) is 24.3 Å². The molecule has 2 N–H and O–H groups in total. The van der Waals surface area contributed by atoms with Crippen molar-refractivity contribution in [2.75, 3.05) is 13.2 Å². The summed E-state index contributed by atoms with van der Waals surface area (Å²) in [6.07, 6.45) is 2.73. The number of para-hydroxylation sites is 1. The molecule has 1 fully saturated rings. The van der Waals surface area contributed by atoms with E-state index in [4.69, 9.17) is 4.74 Å². The van der Waals surface area contributed by atoms with Gasteiger partial charge in [0, 0.05) is 12.5 Å². The highest BCUT2D eigenvalue weighted by molar-refractivity contribution is 5.84. The number of nitrogens with one attached hydrogen (secondary N) is 1. The Kier molecular flexibility index (Phi) is 5.08. The number of amides is 1. The molecule has 2 atom stereocenters. The third-order valence-electron chi connectivity index (χ3n) is 4.29. The van der Waals surface area contributed by atoms with E-state index in [9.17, 15) is 19.5 Å². The Morgan fingerprint density at radius 1 is 1.40 bits per heavy atom. The molecule has 1 aliphatic rings. The van der Waals surface area contributed by atoms with Crippen molar-refractivity contribution in [1.82, 2.24) is 14.9 Å². The molecule has 132 valence electrons. The predicted molar refractivity (Wildman–Crippen MR) is 89.1 cm³/mol.